The van der Waals surface area contributed by atoms with Gasteiger partial charge in [0.25, 0.3) is 0 Å². The standard InChI is InChI=1S/C11H9BrO/c1-7-2-3-8-4-5-9(12)6-10(8)11(7)13/h4-6H,1-3H2. The molecule has 0 amide bonds. The highest BCUT2D eigenvalue weighted by Crippen LogP contribution is 2.26. The molecular formula is C11H9BrO. The number of fused-ring (bicyclic) bond motifs is 1. The zero-order valence-electron chi connectivity index (χ0n) is 7.14. The van der Waals surface area contributed by atoms with E-state index in [9.17, 15) is 4.79 Å². The van der Waals surface area contributed by atoms with Gasteiger partial charge in [0.2, 0.25) is 0 Å². The fraction of sp³-hybridized carbons (Fsp3) is 0.182. The van der Waals surface area contributed by atoms with Crippen molar-refractivity contribution in [2.45, 2.75) is 12.8 Å². The molecule has 66 valence electrons. The first kappa shape index (κ1) is 8.70. The number of Topliss-reactive ketones (excluding diaryl/α,β-unsaturated/α-hetero) is 1. The number of halogens is 1. The minimum atomic E-state index is 0.0996. The Morgan fingerprint density at radius 2 is 2.08 bits per heavy atom. The van der Waals surface area contributed by atoms with Crippen molar-refractivity contribution in [3.8, 4) is 0 Å². The lowest BCUT2D eigenvalue weighted by Gasteiger charge is -2.16. The van der Waals surface area contributed by atoms with E-state index in [1.165, 1.54) is 0 Å². The number of allylic oxidation sites excluding steroid dienone is 1. The summed E-state index contributed by atoms with van der Waals surface area (Å²) in [7, 11) is 0. The van der Waals surface area contributed by atoms with Crippen molar-refractivity contribution in [3.63, 3.8) is 0 Å². The molecule has 0 N–H and O–H groups in total. The Kier molecular flexibility index (Phi) is 2.08. The van der Waals surface area contributed by atoms with Gasteiger partial charge >= 0.3 is 0 Å². The van der Waals surface area contributed by atoms with Gasteiger partial charge in [0, 0.05) is 10.0 Å². The molecule has 0 aromatic heterocycles. The van der Waals surface area contributed by atoms with Gasteiger partial charge in [-0.25, -0.2) is 0 Å². The molecule has 0 heterocycles. The van der Waals surface area contributed by atoms with Crippen molar-refractivity contribution in [1.29, 1.82) is 0 Å². The molecule has 1 aromatic carbocycles. The van der Waals surface area contributed by atoms with Crippen LogP contribution in [-0.2, 0) is 6.42 Å². The zero-order valence-corrected chi connectivity index (χ0v) is 8.73. The third-order valence-corrected chi connectivity index (χ3v) is 2.83. The molecule has 0 saturated carbocycles. The Hall–Kier alpha value is -0.890. The second-order valence-corrected chi connectivity index (χ2v) is 4.15. The summed E-state index contributed by atoms with van der Waals surface area (Å²) in [6.45, 7) is 3.76. The van der Waals surface area contributed by atoms with Crippen LogP contribution in [0.1, 0.15) is 22.3 Å². The molecule has 0 aliphatic heterocycles. The second kappa shape index (κ2) is 3.11. The van der Waals surface area contributed by atoms with Crippen LogP contribution < -0.4 is 0 Å². The maximum atomic E-state index is 11.6. The lowest BCUT2D eigenvalue weighted by molar-refractivity contribution is 0.102. The van der Waals surface area contributed by atoms with Gasteiger partial charge in [0.05, 0.1) is 0 Å². The van der Waals surface area contributed by atoms with Gasteiger partial charge in [-0.15, -0.1) is 0 Å². The number of carbonyl (C=O) groups is 1. The zero-order chi connectivity index (χ0) is 9.42. The first-order valence-corrected chi connectivity index (χ1v) is 4.98. The molecule has 0 fully saturated rings. The Morgan fingerprint density at radius 1 is 1.31 bits per heavy atom. The Labute approximate surface area is 85.6 Å². The predicted molar refractivity (Wildman–Crippen MR) is 55.9 cm³/mol. The molecule has 1 nitrogen and oxygen atoms in total. The number of carbonyl (C=O) groups excluding carboxylic acids is 1. The van der Waals surface area contributed by atoms with Crippen LogP contribution in [0.25, 0.3) is 0 Å². The molecule has 1 aliphatic rings. The van der Waals surface area contributed by atoms with Gasteiger partial charge in [-0.05, 0) is 36.1 Å². The molecule has 0 radical (unpaired) electrons. The van der Waals surface area contributed by atoms with E-state index >= 15 is 0 Å². The number of aryl methyl sites for hydroxylation is 1. The SMILES string of the molecule is C=C1CCc2ccc(Br)cc2C1=O. The maximum absolute atomic E-state index is 11.6. The summed E-state index contributed by atoms with van der Waals surface area (Å²) in [5.74, 6) is 0.0996. The molecule has 1 aliphatic carbocycles. The number of ketones is 1. The number of benzene rings is 1. The van der Waals surface area contributed by atoms with Crippen LogP contribution in [0.5, 0.6) is 0 Å². The van der Waals surface area contributed by atoms with Crippen LogP contribution in [0.2, 0.25) is 0 Å². The lowest BCUT2D eigenvalue weighted by Crippen LogP contribution is -2.12. The van der Waals surface area contributed by atoms with Gasteiger partial charge in [0.15, 0.2) is 5.78 Å². The second-order valence-electron chi connectivity index (χ2n) is 3.23. The van der Waals surface area contributed by atoms with Crippen LogP contribution in [0.3, 0.4) is 0 Å². The van der Waals surface area contributed by atoms with Crippen LogP contribution in [0.4, 0.5) is 0 Å². The third-order valence-electron chi connectivity index (χ3n) is 2.33. The number of hydrogen-bond acceptors (Lipinski definition) is 1. The fourth-order valence-electron chi connectivity index (χ4n) is 1.57. The van der Waals surface area contributed by atoms with E-state index in [2.05, 4.69) is 22.5 Å². The lowest BCUT2D eigenvalue weighted by atomic mass is 9.88. The summed E-state index contributed by atoms with van der Waals surface area (Å²) in [4.78, 5) is 11.6. The normalized spacial score (nSPS) is 15.8. The van der Waals surface area contributed by atoms with Crippen LogP contribution in [0, 0.1) is 0 Å². The highest BCUT2D eigenvalue weighted by Gasteiger charge is 2.19. The van der Waals surface area contributed by atoms with Gasteiger partial charge in [0.1, 0.15) is 0 Å². The van der Waals surface area contributed by atoms with E-state index in [1.54, 1.807) is 0 Å². The first-order chi connectivity index (χ1) is 6.18. The molecule has 13 heavy (non-hydrogen) atoms. The minimum Gasteiger partial charge on any atom is -0.289 e. The van der Waals surface area contributed by atoms with Crippen LogP contribution >= 0.6 is 15.9 Å². The van der Waals surface area contributed by atoms with E-state index in [4.69, 9.17) is 0 Å². The average Bonchev–Trinajstić information content (AvgIpc) is 2.12. The molecule has 0 bridgehead atoms. The molecule has 0 unspecified atom stereocenters. The van der Waals surface area contributed by atoms with Crippen LogP contribution in [0.15, 0.2) is 34.8 Å². The molecule has 2 heteroatoms. The first-order valence-electron chi connectivity index (χ1n) is 4.19. The van der Waals surface area contributed by atoms with Crippen molar-refractivity contribution in [2.75, 3.05) is 0 Å². The molecular weight excluding hydrogens is 228 g/mol. The fourth-order valence-corrected chi connectivity index (χ4v) is 1.93. The Bertz CT molecular complexity index is 393. The van der Waals surface area contributed by atoms with Crippen molar-refractivity contribution in [3.05, 3.63) is 46.0 Å². The highest BCUT2D eigenvalue weighted by molar-refractivity contribution is 9.10. The summed E-state index contributed by atoms with van der Waals surface area (Å²) >= 11 is 3.36. The topological polar surface area (TPSA) is 17.1 Å². The molecule has 2 rings (SSSR count). The minimum absolute atomic E-state index is 0.0996. The van der Waals surface area contributed by atoms with E-state index in [0.717, 1.165) is 34.0 Å². The molecule has 1 aromatic rings. The Balaban J connectivity index is 2.58. The third kappa shape index (κ3) is 1.46. The van der Waals surface area contributed by atoms with E-state index in [0.29, 0.717) is 0 Å². The van der Waals surface area contributed by atoms with E-state index in [-0.39, 0.29) is 5.78 Å². The maximum Gasteiger partial charge on any atom is 0.188 e. The Morgan fingerprint density at radius 3 is 2.85 bits per heavy atom. The van der Waals surface area contributed by atoms with Gasteiger partial charge in [-0.3, -0.25) is 4.79 Å². The largest absolute Gasteiger partial charge is 0.289 e. The van der Waals surface area contributed by atoms with Crippen molar-refractivity contribution < 1.29 is 4.79 Å². The smallest absolute Gasteiger partial charge is 0.188 e. The summed E-state index contributed by atoms with van der Waals surface area (Å²) in [6, 6.07) is 5.85. The molecule has 0 spiro atoms. The van der Waals surface area contributed by atoms with Gasteiger partial charge < -0.3 is 0 Å². The average molecular weight is 237 g/mol. The van der Waals surface area contributed by atoms with Crippen molar-refractivity contribution in [2.24, 2.45) is 0 Å². The quantitative estimate of drug-likeness (QED) is 0.633. The summed E-state index contributed by atoms with van der Waals surface area (Å²) < 4.78 is 0.953. The van der Waals surface area contributed by atoms with Crippen molar-refractivity contribution >= 4 is 21.7 Å². The highest BCUT2D eigenvalue weighted by atomic mass is 79.9. The molecule has 0 saturated heterocycles. The number of rotatable bonds is 0. The van der Waals surface area contributed by atoms with Gasteiger partial charge in [-0.2, -0.15) is 0 Å². The number of hydrogen-bond donors (Lipinski definition) is 0. The summed E-state index contributed by atoms with van der Waals surface area (Å²) in [5.41, 5.74) is 2.68. The van der Waals surface area contributed by atoms with Gasteiger partial charge in [-0.1, -0.05) is 28.6 Å². The monoisotopic (exact) mass is 236 g/mol. The van der Waals surface area contributed by atoms with E-state index < -0.39 is 0 Å². The summed E-state index contributed by atoms with van der Waals surface area (Å²) in [5, 5.41) is 0. The van der Waals surface area contributed by atoms with E-state index in [1.807, 2.05) is 18.2 Å². The molecule has 0 atom stereocenters. The van der Waals surface area contributed by atoms with Crippen molar-refractivity contribution in [1.82, 2.24) is 0 Å². The predicted octanol–water partition coefficient (Wildman–Crippen LogP) is 3.13. The van der Waals surface area contributed by atoms with Crippen LogP contribution in [-0.4, -0.2) is 5.78 Å². The summed E-state index contributed by atoms with van der Waals surface area (Å²) in [6.07, 6.45) is 1.74.